The van der Waals surface area contributed by atoms with Crippen LogP contribution in [0.4, 0.5) is 0 Å². The number of fused-ring (bicyclic) bond motifs is 1. The molecule has 2 atom stereocenters. The first-order chi connectivity index (χ1) is 11.3. The summed E-state index contributed by atoms with van der Waals surface area (Å²) in [5.41, 5.74) is 1.85. The van der Waals surface area contributed by atoms with Gasteiger partial charge in [-0.2, -0.15) is 5.10 Å². The number of nitrogens with zero attached hydrogens (tertiary/aromatic N) is 3. The Kier molecular flexibility index (Phi) is 3.87. The molecule has 1 aromatic carbocycles. The molecule has 1 aliphatic heterocycles. The molecule has 1 amide bonds. The second-order valence-corrected chi connectivity index (χ2v) is 6.32. The van der Waals surface area contributed by atoms with E-state index in [1.807, 2.05) is 34.0 Å². The first-order valence-electron chi connectivity index (χ1n) is 8.30. The summed E-state index contributed by atoms with van der Waals surface area (Å²) in [5.74, 6) is 0.0875. The van der Waals surface area contributed by atoms with Crippen LogP contribution in [0.2, 0.25) is 0 Å². The summed E-state index contributed by atoms with van der Waals surface area (Å²) in [6.07, 6.45) is 7.04. The number of hydrogen-bond donors (Lipinski definition) is 0. The van der Waals surface area contributed by atoms with Crippen LogP contribution in [0.25, 0.3) is 0 Å². The second-order valence-electron chi connectivity index (χ2n) is 6.32. The van der Waals surface area contributed by atoms with Crippen molar-refractivity contribution in [1.82, 2.24) is 14.7 Å². The molecule has 2 heterocycles. The van der Waals surface area contributed by atoms with Crippen molar-refractivity contribution in [3.05, 3.63) is 53.9 Å². The van der Waals surface area contributed by atoms with Crippen molar-refractivity contribution in [2.24, 2.45) is 0 Å². The van der Waals surface area contributed by atoms with E-state index in [9.17, 15) is 4.79 Å². The summed E-state index contributed by atoms with van der Waals surface area (Å²) in [4.78, 5) is 14.8. The minimum Gasteiger partial charge on any atom is -0.374 e. The van der Waals surface area contributed by atoms with Crippen molar-refractivity contribution in [2.75, 3.05) is 13.2 Å². The van der Waals surface area contributed by atoms with Gasteiger partial charge in [0.05, 0.1) is 37.1 Å². The third-order valence-electron chi connectivity index (χ3n) is 4.81. The highest BCUT2D eigenvalue weighted by Crippen LogP contribution is 2.30. The Labute approximate surface area is 135 Å². The van der Waals surface area contributed by atoms with Gasteiger partial charge in [0.2, 0.25) is 0 Å². The molecule has 1 saturated carbocycles. The van der Waals surface area contributed by atoms with Crippen molar-refractivity contribution < 1.29 is 9.53 Å². The lowest BCUT2D eigenvalue weighted by Crippen LogP contribution is -2.51. The van der Waals surface area contributed by atoms with Gasteiger partial charge in [-0.25, -0.2) is 0 Å². The van der Waals surface area contributed by atoms with Gasteiger partial charge < -0.3 is 9.64 Å². The van der Waals surface area contributed by atoms with Gasteiger partial charge in [0.25, 0.3) is 5.91 Å². The first-order valence-corrected chi connectivity index (χ1v) is 8.30. The van der Waals surface area contributed by atoms with Gasteiger partial charge in [-0.3, -0.25) is 9.48 Å². The smallest absolute Gasteiger partial charge is 0.257 e. The Bertz CT molecular complexity index is 683. The molecule has 0 radical (unpaired) electrons. The van der Waals surface area contributed by atoms with Crippen LogP contribution in [0.3, 0.4) is 0 Å². The van der Waals surface area contributed by atoms with Gasteiger partial charge >= 0.3 is 0 Å². The summed E-state index contributed by atoms with van der Waals surface area (Å²) in [6, 6.07) is 10.4. The van der Waals surface area contributed by atoms with E-state index >= 15 is 0 Å². The summed E-state index contributed by atoms with van der Waals surface area (Å²) < 4.78 is 7.62. The molecular formula is C18H21N3O2. The number of benzene rings is 1. The van der Waals surface area contributed by atoms with Crippen molar-refractivity contribution >= 4 is 5.91 Å². The van der Waals surface area contributed by atoms with Crippen LogP contribution in [0.15, 0.2) is 42.7 Å². The molecule has 2 aliphatic rings. The van der Waals surface area contributed by atoms with Gasteiger partial charge in [0.1, 0.15) is 0 Å². The van der Waals surface area contributed by atoms with E-state index in [0.29, 0.717) is 25.3 Å². The van der Waals surface area contributed by atoms with E-state index in [1.165, 1.54) is 5.56 Å². The standard InChI is InChI=1S/C18H21N3O2/c22-18(21-9-10-23-17-8-4-7-16(17)21)15-11-19-20(13-15)12-14-5-2-1-3-6-14/h1-3,5-6,11,13,16-17H,4,7-10,12H2. The molecule has 120 valence electrons. The molecule has 5 heteroatoms. The van der Waals surface area contributed by atoms with Gasteiger partial charge in [-0.05, 0) is 24.8 Å². The molecule has 0 bridgehead atoms. The van der Waals surface area contributed by atoms with Crippen molar-refractivity contribution in [2.45, 2.75) is 38.0 Å². The zero-order valence-electron chi connectivity index (χ0n) is 13.1. The fraction of sp³-hybridized carbons (Fsp3) is 0.444. The second kappa shape index (κ2) is 6.16. The highest BCUT2D eigenvalue weighted by molar-refractivity contribution is 5.94. The predicted molar refractivity (Wildman–Crippen MR) is 86.2 cm³/mol. The molecule has 2 fully saturated rings. The minimum atomic E-state index is 0.0875. The SMILES string of the molecule is O=C(c1cnn(Cc2ccccc2)c1)N1CCOC2CCCC21. The van der Waals surface area contributed by atoms with Crippen molar-refractivity contribution in [3.63, 3.8) is 0 Å². The maximum atomic E-state index is 12.8. The number of rotatable bonds is 3. The zero-order valence-corrected chi connectivity index (χ0v) is 13.1. The van der Waals surface area contributed by atoms with E-state index in [4.69, 9.17) is 4.74 Å². The van der Waals surface area contributed by atoms with Gasteiger partial charge in [0, 0.05) is 12.7 Å². The number of hydrogen-bond acceptors (Lipinski definition) is 3. The summed E-state index contributed by atoms with van der Waals surface area (Å²) in [5, 5.41) is 4.35. The van der Waals surface area contributed by atoms with Crippen molar-refractivity contribution in [1.29, 1.82) is 0 Å². The van der Waals surface area contributed by atoms with Crippen LogP contribution in [-0.4, -0.2) is 45.9 Å². The summed E-state index contributed by atoms with van der Waals surface area (Å²) in [7, 11) is 0. The van der Waals surface area contributed by atoms with Crippen LogP contribution in [-0.2, 0) is 11.3 Å². The molecule has 1 saturated heterocycles. The third-order valence-corrected chi connectivity index (χ3v) is 4.81. The Morgan fingerprint density at radius 2 is 2.13 bits per heavy atom. The van der Waals surface area contributed by atoms with E-state index in [0.717, 1.165) is 19.3 Å². The average molecular weight is 311 g/mol. The Balaban J connectivity index is 1.48. The number of ether oxygens (including phenoxy) is 1. The van der Waals surface area contributed by atoms with E-state index < -0.39 is 0 Å². The van der Waals surface area contributed by atoms with Crippen LogP contribution >= 0.6 is 0 Å². The largest absolute Gasteiger partial charge is 0.374 e. The normalized spacial score (nSPS) is 23.7. The lowest BCUT2D eigenvalue weighted by molar-refractivity contribution is -0.0445. The highest BCUT2D eigenvalue weighted by atomic mass is 16.5. The molecule has 1 aliphatic carbocycles. The molecule has 5 nitrogen and oxygen atoms in total. The summed E-state index contributed by atoms with van der Waals surface area (Å²) >= 11 is 0. The molecule has 2 aromatic rings. The molecular weight excluding hydrogens is 290 g/mol. The zero-order chi connectivity index (χ0) is 15.6. The number of carbonyl (C=O) groups excluding carboxylic acids is 1. The molecule has 2 unspecified atom stereocenters. The molecule has 0 spiro atoms. The monoisotopic (exact) mass is 311 g/mol. The van der Waals surface area contributed by atoms with Gasteiger partial charge in [-0.1, -0.05) is 30.3 Å². The van der Waals surface area contributed by atoms with E-state index in [-0.39, 0.29) is 18.1 Å². The maximum absolute atomic E-state index is 12.8. The quantitative estimate of drug-likeness (QED) is 0.874. The van der Waals surface area contributed by atoms with Crippen LogP contribution in [0, 0.1) is 0 Å². The number of aromatic nitrogens is 2. The lowest BCUT2D eigenvalue weighted by atomic mass is 10.1. The highest BCUT2D eigenvalue weighted by Gasteiger charge is 2.38. The third kappa shape index (κ3) is 2.88. The Morgan fingerprint density at radius 1 is 1.26 bits per heavy atom. The Hall–Kier alpha value is -2.14. The predicted octanol–water partition coefficient (Wildman–Crippen LogP) is 2.32. The van der Waals surface area contributed by atoms with Crippen LogP contribution < -0.4 is 0 Å². The first kappa shape index (κ1) is 14.5. The Morgan fingerprint density at radius 3 is 3.00 bits per heavy atom. The molecule has 1 aromatic heterocycles. The molecule has 4 rings (SSSR count). The lowest BCUT2D eigenvalue weighted by Gasteiger charge is -2.37. The van der Waals surface area contributed by atoms with Gasteiger partial charge in [0.15, 0.2) is 0 Å². The number of carbonyl (C=O) groups is 1. The molecule has 0 N–H and O–H groups in total. The maximum Gasteiger partial charge on any atom is 0.257 e. The number of amides is 1. The number of morpholine rings is 1. The fourth-order valence-corrected chi connectivity index (χ4v) is 3.67. The summed E-state index contributed by atoms with van der Waals surface area (Å²) in [6.45, 7) is 2.01. The average Bonchev–Trinajstić information content (AvgIpc) is 3.24. The van der Waals surface area contributed by atoms with Gasteiger partial charge in [-0.15, -0.1) is 0 Å². The van der Waals surface area contributed by atoms with E-state index in [1.54, 1.807) is 6.20 Å². The van der Waals surface area contributed by atoms with Crippen LogP contribution in [0.5, 0.6) is 0 Å². The van der Waals surface area contributed by atoms with Crippen molar-refractivity contribution in [3.8, 4) is 0 Å². The molecule has 23 heavy (non-hydrogen) atoms. The minimum absolute atomic E-state index is 0.0875. The topological polar surface area (TPSA) is 47.4 Å². The van der Waals surface area contributed by atoms with Crippen LogP contribution in [0.1, 0.15) is 35.2 Å². The fourth-order valence-electron chi connectivity index (χ4n) is 3.67. The van der Waals surface area contributed by atoms with E-state index in [2.05, 4.69) is 17.2 Å².